The first-order valence-corrected chi connectivity index (χ1v) is 6.46. The highest BCUT2D eigenvalue weighted by Crippen LogP contribution is 2.23. The molecule has 1 atom stereocenters. The van der Waals surface area contributed by atoms with E-state index in [2.05, 4.69) is 9.97 Å². The maximum atomic E-state index is 12.5. The standard InChI is InChI=1S/C14H15ClN4O/c1-9(10-3-5-17-6-4-10)19(2)14(20)11-7-13(15)18-8-12(11)16/h3-9H,16H2,1-2H3. The highest BCUT2D eigenvalue weighted by molar-refractivity contribution is 6.29. The van der Waals surface area contributed by atoms with Gasteiger partial charge in [-0.3, -0.25) is 9.78 Å². The van der Waals surface area contributed by atoms with Gasteiger partial charge in [-0.05, 0) is 30.7 Å². The van der Waals surface area contributed by atoms with Crippen molar-refractivity contribution in [1.29, 1.82) is 0 Å². The van der Waals surface area contributed by atoms with Crippen molar-refractivity contribution in [3.63, 3.8) is 0 Å². The molecule has 2 heterocycles. The lowest BCUT2D eigenvalue weighted by Crippen LogP contribution is -2.30. The molecule has 2 N–H and O–H groups in total. The van der Waals surface area contributed by atoms with Gasteiger partial charge in [0.15, 0.2) is 0 Å². The smallest absolute Gasteiger partial charge is 0.256 e. The summed E-state index contributed by atoms with van der Waals surface area (Å²) in [5.74, 6) is -0.198. The fraction of sp³-hybridized carbons (Fsp3) is 0.214. The van der Waals surface area contributed by atoms with Crippen molar-refractivity contribution in [3.05, 3.63) is 53.1 Å². The van der Waals surface area contributed by atoms with Gasteiger partial charge in [0, 0.05) is 19.4 Å². The van der Waals surface area contributed by atoms with Crippen molar-refractivity contribution in [2.24, 2.45) is 0 Å². The van der Waals surface area contributed by atoms with Gasteiger partial charge in [0.2, 0.25) is 0 Å². The zero-order chi connectivity index (χ0) is 14.7. The summed E-state index contributed by atoms with van der Waals surface area (Å²) in [6.45, 7) is 1.94. The first kappa shape index (κ1) is 14.3. The summed E-state index contributed by atoms with van der Waals surface area (Å²) in [6, 6.07) is 5.13. The fourth-order valence-electron chi connectivity index (χ4n) is 1.86. The number of pyridine rings is 2. The van der Waals surface area contributed by atoms with E-state index in [0.717, 1.165) is 5.56 Å². The Morgan fingerprint density at radius 2 is 2.05 bits per heavy atom. The number of hydrogen-bond donors (Lipinski definition) is 1. The zero-order valence-corrected chi connectivity index (χ0v) is 12.0. The van der Waals surface area contributed by atoms with Gasteiger partial charge >= 0.3 is 0 Å². The third-order valence-corrected chi connectivity index (χ3v) is 3.43. The average Bonchev–Trinajstić information content (AvgIpc) is 2.48. The molecule has 0 bridgehead atoms. The molecule has 0 aromatic carbocycles. The van der Waals surface area contributed by atoms with E-state index in [-0.39, 0.29) is 17.1 Å². The monoisotopic (exact) mass is 290 g/mol. The average molecular weight is 291 g/mol. The third-order valence-electron chi connectivity index (χ3n) is 3.22. The van der Waals surface area contributed by atoms with Crippen LogP contribution in [0.1, 0.15) is 28.9 Å². The van der Waals surface area contributed by atoms with Gasteiger partial charge in [0.1, 0.15) is 5.15 Å². The second-order valence-corrected chi connectivity index (χ2v) is 4.85. The number of carbonyl (C=O) groups is 1. The lowest BCUT2D eigenvalue weighted by atomic mass is 10.1. The number of nitrogens with two attached hydrogens (primary N) is 1. The van der Waals surface area contributed by atoms with Crippen LogP contribution < -0.4 is 5.73 Å². The molecule has 0 saturated carbocycles. The van der Waals surface area contributed by atoms with E-state index in [1.54, 1.807) is 24.3 Å². The number of nitrogens with zero attached hydrogens (tertiary/aromatic N) is 3. The summed E-state index contributed by atoms with van der Waals surface area (Å²) in [5.41, 5.74) is 7.45. The molecule has 0 aliphatic rings. The Kier molecular flexibility index (Phi) is 4.20. The number of rotatable bonds is 3. The molecule has 1 amide bonds. The summed E-state index contributed by atoms with van der Waals surface area (Å²) in [4.78, 5) is 21.9. The zero-order valence-electron chi connectivity index (χ0n) is 11.2. The quantitative estimate of drug-likeness (QED) is 0.882. The van der Waals surface area contributed by atoms with Crippen LogP contribution in [0.25, 0.3) is 0 Å². The number of amides is 1. The van der Waals surface area contributed by atoms with Gasteiger partial charge in [-0.15, -0.1) is 0 Å². The molecule has 5 nitrogen and oxygen atoms in total. The Bertz CT molecular complexity index is 618. The third kappa shape index (κ3) is 2.88. The predicted molar refractivity (Wildman–Crippen MR) is 78.4 cm³/mol. The van der Waals surface area contributed by atoms with Crippen molar-refractivity contribution in [3.8, 4) is 0 Å². The minimum Gasteiger partial charge on any atom is -0.397 e. The summed E-state index contributed by atoms with van der Waals surface area (Å²) in [7, 11) is 1.72. The summed E-state index contributed by atoms with van der Waals surface area (Å²) < 4.78 is 0. The van der Waals surface area contributed by atoms with E-state index in [9.17, 15) is 4.79 Å². The molecule has 0 fully saturated rings. The van der Waals surface area contributed by atoms with Crippen LogP contribution in [0.3, 0.4) is 0 Å². The molecular formula is C14H15ClN4O. The maximum Gasteiger partial charge on any atom is 0.256 e. The number of anilines is 1. The van der Waals surface area contributed by atoms with Crippen LogP contribution in [0.2, 0.25) is 5.15 Å². The van der Waals surface area contributed by atoms with E-state index in [0.29, 0.717) is 11.3 Å². The molecular weight excluding hydrogens is 276 g/mol. The second-order valence-electron chi connectivity index (χ2n) is 4.47. The van der Waals surface area contributed by atoms with Crippen LogP contribution in [0.4, 0.5) is 5.69 Å². The maximum absolute atomic E-state index is 12.5. The van der Waals surface area contributed by atoms with Crippen molar-refractivity contribution >= 4 is 23.2 Å². The molecule has 1 unspecified atom stereocenters. The number of hydrogen-bond acceptors (Lipinski definition) is 4. The van der Waals surface area contributed by atoms with E-state index < -0.39 is 0 Å². The van der Waals surface area contributed by atoms with E-state index in [4.69, 9.17) is 17.3 Å². The van der Waals surface area contributed by atoms with Crippen molar-refractivity contribution in [2.45, 2.75) is 13.0 Å². The SMILES string of the molecule is CC(c1ccncc1)N(C)C(=O)c1cc(Cl)ncc1N. The molecule has 0 spiro atoms. The van der Waals surface area contributed by atoms with Crippen molar-refractivity contribution in [2.75, 3.05) is 12.8 Å². The van der Waals surface area contributed by atoms with Crippen LogP contribution in [0, 0.1) is 0 Å². The predicted octanol–water partition coefficient (Wildman–Crippen LogP) is 2.55. The van der Waals surface area contributed by atoms with Crippen molar-refractivity contribution < 1.29 is 4.79 Å². The first-order chi connectivity index (χ1) is 9.50. The lowest BCUT2D eigenvalue weighted by Gasteiger charge is -2.25. The van der Waals surface area contributed by atoms with Crippen LogP contribution in [-0.4, -0.2) is 27.8 Å². The number of carbonyl (C=O) groups excluding carboxylic acids is 1. The van der Waals surface area contributed by atoms with Crippen molar-refractivity contribution in [1.82, 2.24) is 14.9 Å². The Morgan fingerprint density at radius 3 is 2.70 bits per heavy atom. The van der Waals surface area contributed by atoms with Gasteiger partial charge in [0.25, 0.3) is 5.91 Å². The Morgan fingerprint density at radius 1 is 1.40 bits per heavy atom. The molecule has 0 saturated heterocycles. The van der Waals surface area contributed by atoms with Gasteiger partial charge in [-0.1, -0.05) is 11.6 Å². The molecule has 2 rings (SSSR count). The van der Waals surface area contributed by atoms with Gasteiger partial charge in [-0.2, -0.15) is 0 Å². The molecule has 104 valence electrons. The number of halogens is 1. The lowest BCUT2D eigenvalue weighted by molar-refractivity contribution is 0.0743. The molecule has 0 aliphatic heterocycles. The summed E-state index contributed by atoms with van der Waals surface area (Å²) in [6.07, 6.45) is 4.78. The minimum absolute atomic E-state index is 0.100. The van der Waals surface area contributed by atoms with Gasteiger partial charge in [-0.25, -0.2) is 4.98 Å². The molecule has 2 aromatic rings. The molecule has 0 aliphatic carbocycles. The highest BCUT2D eigenvalue weighted by atomic mass is 35.5. The fourth-order valence-corrected chi connectivity index (χ4v) is 2.02. The van der Waals surface area contributed by atoms with Crippen LogP contribution in [0.5, 0.6) is 0 Å². The Balaban J connectivity index is 2.27. The topological polar surface area (TPSA) is 72.1 Å². The van der Waals surface area contributed by atoms with E-state index in [1.165, 1.54) is 12.3 Å². The summed E-state index contributed by atoms with van der Waals surface area (Å²) in [5, 5.41) is 0.243. The molecule has 20 heavy (non-hydrogen) atoms. The van der Waals surface area contributed by atoms with Crippen LogP contribution in [0.15, 0.2) is 36.8 Å². The first-order valence-electron chi connectivity index (χ1n) is 6.09. The Hall–Kier alpha value is -2.14. The highest BCUT2D eigenvalue weighted by Gasteiger charge is 2.21. The van der Waals surface area contributed by atoms with Gasteiger partial charge < -0.3 is 10.6 Å². The summed E-state index contributed by atoms with van der Waals surface area (Å²) >= 11 is 5.82. The second kappa shape index (κ2) is 5.88. The molecule has 2 aromatic heterocycles. The largest absolute Gasteiger partial charge is 0.397 e. The minimum atomic E-state index is -0.198. The molecule has 0 radical (unpaired) electrons. The Labute approximate surface area is 122 Å². The van der Waals surface area contributed by atoms with E-state index in [1.807, 2.05) is 19.1 Å². The molecule has 6 heteroatoms. The normalized spacial score (nSPS) is 11.9. The van der Waals surface area contributed by atoms with Crippen LogP contribution in [-0.2, 0) is 0 Å². The number of nitrogen functional groups attached to an aromatic ring is 1. The number of aromatic nitrogens is 2. The van der Waals surface area contributed by atoms with E-state index >= 15 is 0 Å². The van der Waals surface area contributed by atoms with Gasteiger partial charge in [0.05, 0.1) is 23.5 Å². The van der Waals surface area contributed by atoms with Crippen LogP contribution >= 0.6 is 11.6 Å².